The summed E-state index contributed by atoms with van der Waals surface area (Å²) in [5.41, 5.74) is 1.47. The Morgan fingerprint density at radius 1 is 1.21 bits per heavy atom. The third kappa shape index (κ3) is 3.73. The fourth-order valence-electron chi connectivity index (χ4n) is 3.50. The van der Waals surface area contributed by atoms with Gasteiger partial charge in [0, 0.05) is 5.02 Å². The molecule has 2 rings (SSSR count). The summed E-state index contributed by atoms with van der Waals surface area (Å²) in [6, 6.07) is 8.51. The molecule has 1 N–H and O–H groups in total. The van der Waals surface area contributed by atoms with Gasteiger partial charge in [-0.1, -0.05) is 37.6 Å². The first kappa shape index (κ1) is 14.9. The first-order valence-corrected chi connectivity index (χ1v) is 7.89. The topological polar surface area (TPSA) is 12.0 Å². The Kier molecular flexibility index (Phi) is 5.29. The van der Waals surface area contributed by atoms with Crippen LogP contribution in [0, 0.1) is 17.8 Å². The van der Waals surface area contributed by atoms with E-state index in [1.807, 2.05) is 12.1 Å². The van der Waals surface area contributed by atoms with E-state index in [1.54, 1.807) is 0 Å². The summed E-state index contributed by atoms with van der Waals surface area (Å²) in [4.78, 5) is 0. The summed E-state index contributed by atoms with van der Waals surface area (Å²) in [5, 5.41) is 4.20. The molecule has 0 saturated heterocycles. The molecule has 0 bridgehead atoms. The zero-order chi connectivity index (χ0) is 13.8. The standard InChI is InChI=1S/C17H26ClN/c1-12(2)14-4-5-15(11-19-3)17(10-14)13-6-8-16(18)9-7-13/h6-9,12,14-15,17,19H,4-5,10-11H2,1-3H3. The third-order valence-corrected chi connectivity index (χ3v) is 4.99. The van der Waals surface area contributed by atoms with Crippen LogP contribution in [0.3, 0.4) is 0 Å². The Balaban J connectivity index is 2.17. The van der Waals surface area contributed by atoms with Crippen molar-refractivity contribution in [3.8, 4) is 0 Å². The molecule has 3 atom stereocenters. The van der Waals surface area contributed by atoms with E-state index in [1.165, 1.54) is 24.8 Å². The van der Waals surface area contributed by atoms with Crippen LogP contribution in [-0.4, -0.2) is 13.6 Å². The second-order valence-electron chi connectivity index (χ2n) is 6.29. The summed E-state index contributed by atoms with van der Waals surface area (Å²) in [6.45, 7) is 5.85. The molecule has 1 fully saturated rings. The van der Waals surface area contributed by atoms with Gasteiger partial charge in [-0.3, -0.25) is 0 Å². The zero-order valence-corrected chi connectivity index (χ0v) is 13.1. The van der Waals surface area contributed by atoms with Crippen molar-refractivity contribution in [1.29, 1.82) is 0 Å². The predicted octanol–water partition coefficient (Wildman–Crippen LogP) is 4.72. The Labute approximate surface area is 122 Å². The monoisotopic (exact) mass is 279 g/mol. The van der Waals surface area contributed by atoms with E-state index in [2.05, 4.69) is 38.3 Å². The second kappa shape index (κ2) is 6.76. The lowest BCUT2D eigenvalue weighted by Crippen LogP contribution is -2.32. The van der Waals surface area contributed by atoms with Gasteiger partial charge in [-0.05, 0) is 74.2 Å². The maximum atomic E-state index is 6.01. The predicted molar refractivity (Wildman–Crippen MR) is 83.8 cm³/mol. The van der Waals surface area contributed by atoms with Gasteiger partial charge < -0.3 is 5.32 Å². The lowest BCUT2D eigenvalue weighted by atomic mass is 9.68. The van der Waals surface area contributed by atoms with Crippen molar-refractivity contribution >= 4 is 11.6 Å². The molecule has 1 aromatic carbocycles. The van der Waals surface area contributed by atoms with Gasteiger partial charge in [0.15, 0.2) is 0 Å². The van der Waals surface area contributed by atoms with Gasteiger partial charge in [-0.15, -0.1) is 0 Å². The molecule has 0 heterocycles. The van der Waals surface area contributed by atoms with Crippen LogP contribution in [0.1, 0.15) is 44.6 Å². The van der Waals surface area contributed by atoms with Gasteiger partial charge >= 0.3 is 0 Å². The number of halogens is 1. The summed E-state index contributed by atoms with van der Waals surface area (Å²) >= 11 is 6.01. The average molecular weight is 280 g/mol. The molecule has 1 aliphatic carbocycles. The highest BCUT2D eigenvalue weighted by molar-refractivity contribution is 6.30. The van der Waals surface area contributed by atoms with Crippen molar-refractivity contribution in [2.24, 2.45) is 17.8 Å². The Hall–Kier alpha value is -0.530. The molecule has 1 saturated carbocycles. The molecule has 0 aromatic heterocycles. The molecule has 0 spiro atoms. The van der Waals surface area contributed by atoms with Crippen LogP contribution < -0.4 is 5.32 Å². The van der Waals surface area contributed by atoms with Gasteiger partial charge in [-0.25, -0.2) is 0 Å². The summed E-state index contributed by atoms with van der Waals surface area (Å²) in [7, 11) is 2.06. The number of nitrogens with one attached hydrogen (secondary N) is 1. The Bertz CT molecular complexity index is 385. The molecule has 3 unspecified atom stereocenters. The highest BCUT2D eigenvalue weighted by atomic mass is 35.5. The summed E-state index contributed by atoms with van der Waals surface area (Å²) in [6.07, 6.45) is 4.05. The first-order chi connectivity index (χ1) is 9.11. The Morgan fingerprint density at radius 2 is 1.89 bits per heavy atom. The highest BCUT2D eigenvalue weighted by Gasteiger charge is 2.32. The lowest BCUT2D eigenvalue weighted by molar-refractivity contribution is 0.192. The molecule has 1 nitrogen and oxygen atoms in total. The molecule has 106 valence electrons. The van der Waals surface area contributed by atoms with Crippen LogP contribution in [0.25, 0.3) is 0 Å². The maximum absolute atomic E-state index is 6.01. The minimum absolute atomic E-state index is 0.686. The van der Waals surface area contributed by atoms with Crippen LogP contribution in [0.5, 0.6) is 0 Å². The first-order valence-electron chi connectivity index (χ1n) is 7.52. The van der Waals surface area contributed by atoms with Crippen molar-refractivity contribution in [3.63, 3.8) is 0 Å². The SMILES string of the molecule is CNCC1CCC(C(C)C)CC1c1ccc(Cl)cc1. The van der Waals surface area contributed by atoms with Gasteiger partial charge in [-0.2, -0.15) is 0 Å². The normalized spacial score (nSPS) is 27.7. The molecule has 0 aliphatic heterocycles. The van der Waals surface area contributed by atoms with Crippen LogP contribution in [0.15, 0.2) is 24.3 Å². The molecule has 0 amide bonds. The van der Waals surface area contributed by atoms with Crippen LogP contribution in [0.2, 0.25) is 5.02 Å². The van der Waals surface area contributed by atoms with Gasteiger partial charge in [0.05, 0.1) is 0 Å². The number of benzene rings is 1. The van der Waals surface area contributed by atoms with E-state index in [9.17, 15) is 0 Å². The fourth-order valence-corrected chi connectivity index (χ4v) is 3.62. The van der Waals surface area contributed by atoms with Crippen LogP contribution in [0.4, 0.5) is 0 Å². The Morgan fingerprint density at radius 3 is 2.47 bits per heavy atom. The summed E-state index contributed by atoms with van der Waals surface area (Å²) in [5.74, 6) is 3.12. The van der Waals surface area contributed by atoms with E-state index < -0.39 is 0 Å². The number of hydrogen-bond acceptors (Lipinski definition) is 1. The lowest BCUT2D eigenvalue weighted by Gasteiger charge is -2.38. The van der Waals surface area contributed by atoms with Crippen molar-refractivity contribution < 1.29 is 0 Å². The van der Waals surface area contributed by atoms with Crippen molar-refractivity contribution in [2.75, 3.05) is 13.6 Å². The zero-order valence-electron chi connectivity index (χ0n) is 12.3. The van der Waals surface area contributed by atoms with Crippen molar-refractivity contribution in [1.82, 2.24) is 5.32 Å². The molecular weight excluding hydrogens is 254 g/mol. The second-order valence-corrected chi connectivity index (χ2v) is 6.73. The van der Waals surface area contributed by atoms with Gasteiger partial charge in [0.1, 0.15) is 0 Å². The van der Waals surface area contributed by atoms with Crippen LogP contribution in [-0.2, 0) is 0 Å². The minimum atomic E-state index is 0.686. The van der Waals surface area contributed by atoms with Gasteiger partial charge in [0.25, 0.3) is 0 Å². The molecule has 1 aromatic rings. The smallest absolute Gasteiger partial charge is 0.0406 e. The molecule has 1 aliphatic rings. The molecule has 19 heavy (non-hydrogen) atoms. The minimum Gasteiger partial charge on any atom is -0.319 e. The van der Waals surface area contributed by atoms with Gasteiger partial charge in [0.2, 0.25) is 0 Å². The maximum Gasteiger partial charge on any atom is 0.0406 e. The number of rotatable bonds is 4. The van der Waals surface area contributed by atoms with Crippen molar-refractivity contribution in [3.05, 3.63) is 34.9 Å². The molecule has 2 heteroatoms. The number of hydrogen-bond donors (Lipinski definition) is 1. The van der Waals surface area contributed by atoms with Crippen molar-refractivity contribution in [2.45, 2.75) is 39.0 Å². The largest absolute Gasteiger partial charge is 0.319 e. The summed E-state index contributed by atoms with van der Waals surface area (Å²) < 4.78 is 0. The van der Waals surface area contributed by atoms with E-state index in [4.69, 9.17) is 11.6 Å². The highest BCUT2D eigenvalue weighted by Crippen LogP contribution is 2.43. The molecular formula is C17H26ClN. The van der Waals surface area contributed by atoms with E-state index in [-0.39, 0.29) is 0 Å². The average Bonchev–Trinajstić information content (AvgIpc) is 2.40. The van der Waals surface area contributed by atoms with E-state index in [0.717, 1.165) is 29.3 Å². The third-order valence-electron chi connectivity index (χ3n) is 4.74. The molecule has 0 radical (unpaired) electrons. The van der Waals surface area contributed by atoms with E-state index in [0.29, 0.717) is 5.92 Å². The van der Waals surface area contributed by atoms with E-state index >= 15 is 0 Å². The quantitative estimate of drug-likeness (QED) is 0.841. The fraction of sp³-hybridized carbons (Fsp3) is 0.647. The van der Waals surface area contributed by atoms with Crippen LogP contribution >= 0.6 is 11.6 Å².